The second kappa shape index (κ2) is 30.9. The van der Waals surface area contributed by atoms with Crippen molar-refractivity contribution in [3.05, 3.63) is 0 Å². The zero-order valence-corrected chi connectivity index (χ0v) is 23.8. The maximum Gasteiger partial charge on any atom is 0.158 e. The van der Waals surface area contributed by atoms with Gasteiger partial charge in [-0.3, -0.25) is 0 Å². The summed E-state index contributed by atoms with van der Waals surface area (Å²) in [7, 11) is 0. The molecule has 0 bridgehead atoms. The lowest BCUT2D eigenvalue weighted by atomic mass is 10.1. The molecule has 0 aliphatic rings. The first kappa shape index (κ1) is 33.9. The molecule has 2 N–H and O–H groups in total. The summed E-state index contributed by atoms with van der Waals surface area (Å²) in [4.78, 5) is 0. The van der Waals surface area contributed by atoms with Crippen molar-refractivity contribution in [1.82, 2.24) is 0 Å². The summed E-state index contributed by atoms with van der Waals surface area (Å²) in [5, 5.41) is 0. The van der Waals surface area contributed by atoms with Gasteiger partial charge in [0.2, 0.25) is 0 Å². The van der Waals surface area contributed by atoms with Crippen molar-refractivity contribution >= 4 is 0 Å². The standard InChI is InChI=1S/C31H65NO2/c1-3-5-7-9-11-13-15-17-19-21-23-25-29-33-31(27-28-32)34-30-26-24-22-20-18-16-14-12-10-8-6-4-2/h31H,3-30,32H2,1-2H3. The van der Waals surface area contributed by atoms with Crippen molar-refractivity contribution in [3.63, 3.8) is 0 Å². The maximum atomic E-state index is 5.98. The summed E-state index contributed by atoms with van der Waals surface area (Å²) in [6.07, 6.45) is 33.8. The Kier molecular flexibility index (Phi) is 30.8. The zero-order chi connectivity index (χ0) is 24.8. The van der Waals surface area contributed by atoms with Gasteiger partial charge in [-0.1, -0.05) is 155 Å². The van der Waals surface area contributed by atoms with Crippen LogP contribution >= 0.6 is 0 Å². The molecule has 0 aromatic rings. The predicted octanol–water partition coefficient (Wildman–Crippen LogP) is 10.1. The molecule has 34 heavy (non-hydrogen) atoms. The topological polar surface area (TPSA) is 44.5 Å². The molecule has 0 aliphatic heterocycles. The lowest BCUT2D eigenvalue weighted by Crippen LogP contribution is -2.22. The highest BCUT2D eigenvalue weighted by atomic mass is 16.7. The van der Waals surface area contributed by atoms with E-state index in [4.69, 9.17) is 15.2 Å². The summed E-state index contributed by atoms with van der Waals surface area (Å²) >= 11 is 0. The number of hydrogen-bond donors (Lipinski definition) is 1. The van der Waals surface area contributed by atoms with Crippen molar-refractivity contribution in [1.29, 1.82) is 0 Å². The molecule has 0 spiro atoms. The van der Waals surface area contributed by atoms with Crippen LogP contribution in [0.5, 0.6) is 0 Å². The molecule has 0 heterocycles. The fraction of sp³-hybridized carbons (Fsp3) is 1.00. The third-order valence-corrected chi connectivity index (χ3v) is 7.01. The van der Waals surface area contributed by atoms with Crippen LogP contribution in [0.1, 0.15) is 174 Å². The predicted molar refractivity (Wildman–Crippen MR) is 152 cm³/mol. The summed E-state index contributed by atoms with van der Waals surface area (Å²) in [6, 6.07) is 0. The minimum absolute atomic E-state index is 0.0922. The summed E-state index contributed by atoms with van der Waals surface area (Å²) < 4.78 is 12.0. The molecule has 3 heteroatoms. The van der Waals surface area contributed by atoms with Crippen LogP contribution in [0, 0.1) is 0 Å². The molecule has 0 aromatic heterocycles. The fourth-order valence-electron chi connectivity index (χ4n) is 4.67. The van der Waals surface area contributed by atoms with Crippen molar-refractivity contribution in [2.75, 3.05) is 19.8 Å². The smallest absolute Gasteiger partial charge is 0.158 e. The van der Waals surface area contributed by atoms with E-state index in [1.165, 1.54) is 141 Å². The Bertz CT molecular complexity index is 320. The van der Waals surface area contributed by atoms with Crippen molar-refractivity contribution in [2.24, 2.45) is 5.73 Å². The molecule has 0 radical (unpaired) electrons. The highest BCUT2D eigenvalue weighted by molar-refractivity contribution is 4.52. The Morgan fingerprint density at radius 2 is 0.676 bits per heavy atom. The molecular formula is C31H65NO2. The first-order valence-corrected chi connectivity index (χ1v) is 15.8. The summed E-state index contributed by atoms with van der Waals surface area (Å²) in [5.74, 6) is 0. The van der Waals surface area contributed by atoms with Crippen LogP contribution in [0.3, 0.4) is 0 Å². The molecule has 206 valence electrons. The van der Waals surface area contributed by atoms with Crippen LogP contribution in [-0.4, -0.2) is 26.0 Å². The Hall–Kier alpha value is -0.120. The molecule has 0 amide bonds. The third-order valence-electron chi connectivity index (χ3n) is 7.01. The molecule has 0 aliphatic carbocycles. The molecule has 0 saturated carbocycles. The van der Waals surface area contributed by atoms with Crippen LogP contribution in [0.4, 0.5) is 0 Å². The average molecular weight is 484 g/mol. The quantitative estimate of drug-likeness (QED) is 0.0816. The van der Waals surface area contributed by atoms with Crippen LogP contribution in [0.15, 0.2) is 0 Å². The van der Waals surface area contributed by atoms with Gasteiger partial charge in [-0.2, -0.15) is 0 Å². The van der Waals surface area contributed by atoms with Gasteiger partial charge in [-0.05, 0) is 19.4 Å². The number of rotatable bonds is 30. The Labute approximate surface area is 215 Å². The molecule has 0 aromatic carbocycles. The second-order valence-electron chi connectivity index (χ2n) is 10.5. The van der Waals surface area contributed by atoms with Crippen LogP contribution in [0.25, 0.3) is 0 Å². The van der Waals surface area contributed by atoms with Gasteiger partial charge in [0, 0.05) is 19.6 Å². The fourth-order valence-corrected chi connectivity index (χ4v) is 4.67. The van der Waals surface area contributed by atoms with E-state index in [0.717, 1.165) is 32.5 Å². The number of unbranched alkanes of at least 4 members (excludes halogenated alkanes) is 22. The van der Waals surface area contributed by atoms with E-state index in [0.29, 0.717) is 6.54 Å². The lowest BCUT2D eigenvalue weighted by molar-refractivity contribution is -0.145. The van der Waals surface area contributed by atoms with Gasteiger partial charge in [0.25, 0.3) is 0 Å². The minimum Gasteiger partial charge on any atom is -0.353 e. The maximum absolute atomic E-state index is 5.98. The van der Waals surface area contributed by atoms with E-state index in [-0.39, 0.29) is 6.29 Å². The molecular weight excluding hydrogens is 418 g/mol. The van der Waals surface area contributed by atoms with Gasteiger partial charge in [0.1, 0.15) is 0 Å². The van der Waals surface area contributed by atoms with Crippen molar-refractivity contribution < 1.29 is 9.47 Å². The molecule has 0 rings (SSSR count). The van der Waals surface area contributed by atoms with Crippen LogP contribution in [-0.2, 0) is 9.47 Å². The largest absolute Gasteiger partial charge is 0.353 e. The van der Waals surface area contributed by atoms with Crippen LogP contribution in [0.2, 0.25) is 0 Å². The van der Waals surface area contributed by atoms with Crippen molar-refractivity contribution in [2.45, 2.75) is 181 Å². The number of nitrogens with two attached hydrogens (primary N) is 1. The van der Waals surface area contributed by atoms with E-state index in [2.05, 4.69) is 13.8 Å². The second-order valence-corrected chi connectivity index (χ2v) is 10.5. The lowest BCUT2D eigenvalue weighted by Gasteiger charge is -2.18. The summed E-state index contributed by atoms with van der Waals surface area (Å²) in [6.45, 7) is 6.86. The third kappa shape index (κ3) is 28.1. The monoisotopic (exact) mass is 484 g/mol. The van der Waals surface area contributed by atoms with Crippen molar-refractivity contribution in [3.8, 4) is 0 Å². The summed E-state index contributed by atoms with van der Waals surface area (Å²) in [5.41, 5.74) is 5.76. The zero-order valence-electron chi connectivity index (χ0n) is 23.8. The van der Waals surface area contributed by atoms with Gasteiger partial charge < -0.3 is 15.2 Å². The average Bonchev–Trinajstić information content (AvgIpc) is 2.84. The first-order valence-electron chi connectivity index (χ1n) is 15.8. The Morgan fingerprint density at radius 3 is 0.941 bits per heavy atom. The van der Waals surface area contributed by atoms with Gasteiger partial charge >= 0.3 is 0 Å². The molecule has 3 nitrogen and oxygen atoms in total. The van der Waals surface area contributed by atoms with E-state index in [9.17, 15) is 0 Å². The van der Waals surface area contributed by atoms with E-state index in [1.54, 1.807) is 0 Å². The highest BCUT2D eigenvalue weighted by Crippen LogP contribution is 2.14. The van der Waals surface area contributed by atoms with Gasteiger partial charge in [-0.25, -0.2) is 0 Å². The minimum atomic E-state index is -0.0922. The molecule has 0 atom stereocenters. The van der Waals surface area contributed by atoms with Gasteiger partial charge in [0.05, 0.1) is 0 Å². The van der Waals surface area contributed by atoms with Crippen LogP contribution < -0.4 is 5.73 Å². The van der Waals surface area contributed by atoms with Gasteiger partial charge in [-0.15, -0.1) is 0 Å². The number of hydrogen-bond acceptors (Lipinski definition) is 3. The Balaban J connectivity index is 3.38. The Morgan fingerprint density at radius 1 is 0.412 bits per heavy atom. The van der Waals surface area contributed by atoms with Gasteiger partial charge in [0.15, 0.2) is 6.29 Å². The van der Waals surface area contributed by atoms with E-state index >= 15 is 0 Å². The normalized spacial score (nSPS) is 11.6. The van der Waals surface area contributed by atoms with E-state index in [1.807, 2.05) is 0 Å². The van der Waals surface area contributed by atoms with E-state index < -0.39 is 0 Å². The molecule has 0 fully saturated rings. The first-order chi connectivity index (χ1) is 16.8. The highest BCUT2D eigenvalue weighted by Gasteiger charge is 2.08. The molecule has 0 saturated heterocycles. The molecule has 0 unspecified atom stereocenters. The number of ether oxygens (including phenoxy) is 2. The SMILES string of the molecule is CCCCCCCCCCCCCCOC(CCN)OCCCCCCCCCCCCCC.